The second-order valence-electron chi connectivity index (χ2n) is 3.99. The van der Waals surface area contributed by atoms with Crippen LogP contribution in [-0.4, -0.2) is 28.1 Å². The number of pyridine rings is 1. The summed E-state index contributed by atoms with van der Waals surface area (Å²) in [4.78, 5) is 25.9. The van der Waals surface area contributed by atoms with Crippen molar-refractivity contribution in [3.63, 3.8) is 0 Å². The summed E-state index contributed by atoms with van der Waals surface area (Å²) in [7, 11) is 0. The molecule has 0 bridgehead atoms. The van der Waals surface area contributed by atoms with Crippen LogP contribution in [0.25, 0.3) is 6.08 Å². The monoisotopic (exact) mass is 247 g/mol. The van der Waals surface area contributed by atoms with Gasteiger partial charge in [-0.05, 0) is 31.1 Å². The lowest BCUT2D eigenvalue weighted by atomic mass is 10.3. The van der Waals surface area contributed by atoms with Crippen LogP contribution < -0.4 is 10.6 Å². The van der Waals surface area contributed by atoms with Crippen molar-refractivity contribution >= 4 is 23.9 Å². The number of urea groups is 1. The highest BCUT2D eigenvalue weighted by molar-refractivity contribution is 5.89. The van der Waals surface area contributed by atoms with Crippen molar-refractivity contribution < 1.29 is 14.7 Å². The van der Waals surface area contributed by atoms with E-state index in [1.54, 1.807) is 18.2 Å². The lowest BCUT2D eigenvalue weighted by Gasteiger charge is -2.05. The van der Waals surface area contributed by atoms with Gasteiger partial charge in [0.05, 0.1) is 5.69 Å². The largest absolute Gasteiger partial charge is 0.478 e. The number of hydrogen-bond acceptors (Lipinski definition) is 3. The topological polar surface area (TPSA) is 91.3 Å². The van der Waals surface area contributed by atoms with Crippen LogP contribution in [-0.2, 0) is 4.79 Å². The highest BCUT2D eigenvalue weighted by Gasteiger charge is 2.23. The van der Waals surface area contributed by atoms with Gasteiger partial charge in [0.25, 0.3) is 0 Å². The van der Waals surface area contributed by atoms with Crippen LogP contribution in [0, 0.1) is 0 Å². The summed E-state index contributed by atoms with van der Waals surface area (Å²) in [6.45, 7) is 0. The Hall–Kier alpha value is -2.37. The Morgan fingerprint density at radius 1 is 1.39 bits per heavy atom. The summed E-state index contributed by atoms with van der Waals surface area (Å²) in [5, 5.41) is 13.9. The molecule has 1 aliphatic carbocycles. The van der Waals surface area contributed by atoms with Gasteiger partial charge in [-0.25, -0.2) is 14.6 Å². The van der Waals surface area contributed by atoms with Crippen LogP contribution in [0.2, 0.25) is 0 Å². The van der Waals surface area contributed by atoms with E-state index in [4.69, 9.17) is 5.11 Å². The molecule has 1 saturated carbocycles. The summed E-state index contributed by atoms with van der Waals surface area (Å²) in [5.74, 6) is -0.651. The number of aliphatic carboxylic acids is 1. The van der Waals surface area contributed by atoms with E-state index >= 15 is 0 Å². The predicted octanol–water partition coefficient (Wildman–Crippen LogP) is 1.46. The minimum Gasteiger partial charge on any atom is -0.478 e. The van der Waals surface area contributed by atoms with Crippen LogP contribution in [0.4, 0.5) is 10.6 Å². The molecule has 94 valence electrons. The molecule has 0 radical (unpaired) electrons. The molecular formula is C12H13N3O3. The molecule has 6 heteroatoms. The first-order valence-corrected chi connectivity index (χ1v) is 5.59. The van der Waals surface area contributed by atoms with Gasteiger partial charge in [0, 0.05) is 12.1 Å². The fourth-order valence-corrected chi connectivity index (χ4v) is 1.34. The second kappa shape index (κ2) is 5.31. The van der Waals surface area contributed by atoms with Gasteiger partial charge in [-0.2, -0.15) is 0 Å². The number of carboxylic acid groups (broad SMARTS) is 1. The molecule has 1 aromatic rings. The van der Waals surface area contributed by atoms with Gasteiger partial charge >= 0.3 is 12.0 Å². The first kappa shape index (κ1) is 12.1. The van der Waals surface area contributed by atoms with Crippen molar-refractivity contribution in [3.05, 3.63) is 30.0 Å². The minimum absolute atomic E-state index is 0.278. The van der Waals surface area contributed by atoms with Gasteiger partial charge in [0.1, 0.15) is 5.82 Å². The maximum Gasteiger partial charge on any atom is 0.328 e. The van der Waals surface area contributed by atoms with Gasteiger partial charge in [0.2, 0.25) is 0 Å². The summed E-state index contributed by atoms with van der Waals surface area (Å²) < 4.78 is 0. The predicted molar refractivity (Wildman–Crippen MR) is 66.1 cm³/mol. The number of nitrogens with zero attached hydrogens (tertiary/aromatic N) is 1. The molecule has 1 fully saturated rings. The molecular weight excluding hydrogens is 234 g/mol. The molecule has 2 amide bonds. The van der Waals surface area contributed by atoms with Gasteiger partial charge in [-0.15, -0.1) is 0 Å². The number of anilines is 1. The fraction of sp³-hybridized carbons (Fsp3) is 0.250. The number of carbonyl (C=O) groups is 2. The molecule has 0 aliphatic heterocycles. The maximum absolute atomic E-state index is 11.5. The van der Waals surface area contributed by atoms with E-state index in [2.05, 4.69) is 15.6 Å². The van der Waals surface area contributed by atoms with E-state index in [1.165, 1.54) is 6.08 Å². The van der Waals surface area contributed by atoms with Crippen molar-refractivity contribution in [2.45, 2.75) is 18.9 Å². The average Bonchev–Trinajstić information content (AvgIpc) is 3.10. The Labute approximate surface area is 104 Å². The van der Waals surface area contributed by atoms with E-state index in [9.17, 15) is 9.59 Å². The number of aromatic nitrogens is 1. The van der Waals surface area contributed by atoms with Crippen molar-refractivity contribution in [2.75, 3.05) is 5.32 Å². The number of rotatable bonds is 4. The molecule has 0 spiro atoms. The van der Waals surface area contributed by atoms with E-state index in [0.29, 0.717) is 11.5 Å². The Bertz CT molecular complexity index is 495. The third-order valence-electron chi connectivity index (χ3n) is 2.32. The van der Waals surface area contributed by atoms with Crippen LogP contribution in [0.3, 0.4) is 0 Å². The Kier molecular flexibility index (Phi) is 3.57. The number of nitrogens with one attached hydrogen (secondary N) is 2. The smallest absolute Gasteiger partial charge is 0.328 e. The second-order valence-corrected chi connectivity index (χ2v) is 3.99. The normalized spacial score (nSPS) is 14.4. The summed E-state index contributed by atoms with van der Waals surface area (Å²) in [5.41, 5.74) is 0.474. The first-order chi connectivity index (χ1) is 8.63. The standard InChI is InChI=1S/C12H13N3O3/c16-11(17)7-6-8-2-1-3-10(13-8)15-12(18)14-9-4-5-9/h1-3,6-7,9H,4-5H2,(H,16,17)(H2,13,14,15,18)/b7-6+. The summed E-state index contributed by atoms with van der Waals surface area (Å²) in [6, 6.07) is 4.99. The Morgan fingerprint density at radius 3 is 2.83 bits per heavy atom. The van der Waals surface area contributed by atoms with Crippen LogP contribution >= 0.6 is 0 Å². The van der Waals surface area contributed by atoms with E-state index in [1.807, 2.05) is 0 Å². The van der Waals surface area contributed by atoms with Gasteiger partial charge < -0.3 is 10.4 Å². The molecule has 1 aliphatic rings. The summed E-state index contributed by atoms with van der Waals surface area (Å²) in [6.07, 6.45) is 4.40. The van der Waals surface area contributed by atoms with Crippen molar-refractivity contribution in [1.29, 1.82) is 0 Å². The number of carboxylic acids is 1. The SMILES string of the molecule is O=C(O)/C=C/c1cccc(NC(=O)NC2CC2)n1. The highest BCUT2D eigenvalue weighted by atomic mass is 16.4. The zero-order valence-electron chi connectivity index (χ0n) is 9.59. The molecule has 0 saturated heterocycles. The highest BCUT2D eigenvalue weighted by Crippen LogP contribution is 2.18. The maximum atomic E-state index is 11.5. The molecule has 2 rings (SSSR count). The van der Waals surface area contributed by atoms with Crippen molar-refractivity contribution in [2.24, 2.45) is 0 Å². The number of carbonyl (C=O) groups excluding carboxylic acids is 1. The molecule has 1 aromatic heterocycles. The van der Waals surface area contributed by atoms with E-state index < -0.39 is 5.97 Å². The quantitative estimate of drug-likeness (QED) is 0.702. The minimum atomic E-state index is -1.04. The molecule has 18 heavy (non-hydrogen) atoms. The third-order valence-corrected chi connectivity index (χ3v) is 2.32. The molecule has 3 N–H and O–H groups in total. The Morgan fingerprint density at radius 2 is 2.17 bits per heavy atom. The molecule has 6 nitrogen and oxygen atoms in total. The average molecular weight is 247 g/mol. The molecule has 0 aromatic carbocycles. The van der Waals surface area contributed by atoms with Crippen LogP contribution in [0.1, 0.15) is 18.5 Å². The molecule has 0 atom stereocenters. The first-order valence-electron chi connectivity index (χ1n) is 5.59. The van der Waals surface area contributed by atoms with Gasteiger partial charge in [-0.3, -0.25) is 5.32 Å². The van der Waals surface area contributed by atoms with E-state index in [0.717, 1.165) is 18.9 Å². The molecule has 0 unspecified atom stereocenters. The summed E-state index contributed by atoms with van der Waals surface area (Å²) >= 11 is 0. The molecule has 1 heterocycles. The number of hydrogen-bond donors (Lipinski definition) is 3. The van der Waals surface area contributed by atoms with Crippen LogP contribution in [0.5, 0.6) is 0 Å². The van der Waals surface area contributed by atoms with Gasteiger partial charge in [0.15, 0.2) is 0 Å². The van der Waals surface area contributed by atoms with Crippen molar-refractivity contribution in [1.82, 2.24) is 10.3 Å². The number of amides is 2. The third kappa shape index (κ3) is 3.89. The fourth-order valence-electron chi connectivity index (χ4n) is 1.34. The zero-order valence-corrected chi connectivity index (χ0v) is 9.59. The zero-order chi connectivity index (χ0) is 13.0. The Balaban J connectivity index is 1.97. The van der Waals surface area contributed by atoms with Crippen LogP contribution in [0.15, 0.2) is 24.3 Å². The lowest BCUT2D eigenvalue weighted by Crippen LogP contribution is -2.30. The lowest BCUT2D eigenvalue weighted by molar-refractivity contribution is -0.131. The van der Waals surface area contributed by atoms with E-state index in [-0.39, 0.29) is 12.1 Å². The van der Waals surface area contributed by atoms with Crippen molar-refractivity contribution in [3.8, 4) is 0 Å². The van der Waals surface area contributed by atoms with Gasteiger partial charge in [-0.1, -0.05) is 6.07 Å².